The van der Waals surface area contributed by atoms with Gasteiger partial charge >= 0.3 is 5.69 Å². The molecule has 1 aromatic carbocycles. The van der Waals surface area contributed by atoms with Crippen molar-refractivity contribution in [1.82, 2.24) is 18.7 Å². The molecule has 158 valence electrons. The van der Waals surface area contributed by atoms with E-state index in [4.69, 9.17) is 16.3 Å². The van der Waals surface area contributed by atoms with E-state index in [2.05, 4.69) is 10.1 Å². The summed E-state index contributed by atoms with van der Waals surface area (Å²) in [5.74, 6) is 0.521. The van der Waals surface area contributed by atoms with E-state index in [-0.39, 0.29) is 18.1 Å². The Morgan fingerprint density at radius 1 is 1.27 bits per heavy atom. The summed E-state index contributed by atoms with van der Waals surface area (Å²) in [6.07, 6.45) is 0. The van der Waals surface area contributed by atoms with Crippen molar-refractivity contribution in [2.75, 3.05) is 25.3 Å². The first-order valence-corrected chi connectivity index (χ1v) is 9.99. The highest BCUT2D eigenvalue weighted by molar-refractivity contribution is 6.30. The number of benzene rings is 1. The Balaban J connectivity index is 1.95. The third kappa shape index (κ3) is 3.23. The number of nitrogens with zero attached hydrogens (tertiary/aromatic N) is 6. The van der Waals surface area contributed by atoms with E-state index in [1.807, 2.05) is 24.5 Å². The smallest absolute Gasteiger partial charge is 0.332 e. The van der Waals surface area contributed by atoms with Crippen molar-refractivity contribution in [3.05, 3.63) is 55.7 Å². The Labute approximate surface area is 177 Å². The Kier molecular flexibility index (Phi) is 5.25. The summed E-state index contributed by atoms with van der Waals surface area (Å²) in [4.78, 5) is 31.1. The monoisotopic (exact) mass is 430 g/mol. The second kappa shape index (κ2) is 7.73. The van der Waals surface area contributed by atoms with Gasteiger partial charge in [0.05, 0.1) is 31.4 Å². The third-order valence-electron chi connectivity index (χ3n) is 5.40. The van der Waals surface area contributed by atoms with Gasteiger partial charge < -0.3 is 4.74 Å². The molecule has 0 saturated carbocycles. The van der Waals surface area contributed by atoms with E-state index in [1.54, 1.807) is 37.4 Å². The Hall–Kier alpha value is -2.91. The molecule has 0 saturated heterocycles. The van der Waals surface area contributed by atoms with Crippen molar-refractivity contribution < 1.29 is 4.74 Å². The maximum Gasteiger partial charge on any atom is 0.332 e. The van der Waals surface area contributed by atoms with Gasteiger partial charge in [-0.2, -0.15) is 10.1 Å². The normalized spacial score (nSPS) is 16.1. The number of rotatable bonds is 5. The average molecular weight is 431 g/mol. The molecule has 10 heteroatoms. The van der Waals surface area contributed by atoms with Gasteiger partial charge in [0.25, 0.3) is 5.56 Å². The zero-order valence-corrected chi connectivity index (χ0v) is 18.0. The lowest BCUT2D eigenvalue weighted by Gasteiger charge is -2.28. The van der Waals surface area contributed by atoms with Gasteiger partial charge in [-0.25, -0.2) is 9.80 Å². The van der Waals surface area contributed by atoms with Crippen LogP contribution in [0.1, 0.15) is 25.5 Å². The summed E-state index contributed by atoms with van der Waals surface area (Å²) in [6.45, 7) is 4.92. The lowest BCUT2D eigenvalue weighted by Crippen LogP contribution is -2.40. The zero-order chi connectivity index (χ0) is 21.6. The van der Waals surface area contributed by atoms with Gasteiger partial charge in [-0.3, -0.25) is 18.5 Å². The lowest BCUT2D eigenvalue weighted by molar-refractivity contribution is 0.204. The maximum atomic E-state index is 13.5. The number of ether oxygens (including phenoxy) is 1. The molecule has 3 heterocycles. The predicted molar refractivity (Wildman–Crippen MR) is 117 cm³/mol. The summed E-state index contributed by atoms with van der Waals surface area (Å²) >= 11 is 6.07. The fourth-order valence-corrected chi connectivity index (χ4v) is 3.88. The van der Waals surface area contributed by atoms with Crippen molar-refractivity contribution in [3.8, 4) is 0 Å². The van der Waals surface area contributed by atoms with Crippen molar-refractivity contribution >= 4 is 34.4 Å². The van der Waals surface area contributed by atoms with Crippen LogP contribution >= 0.6 is 11.6 Å². The van der Waals surface area contributed by atoms with Crippen LogP contribution in [0, 0.1) is 0 Å². The minimum Gasteiger partial charge on any atom is -0.383 e. The van der Waals surface area contributed by atoms with Gasteiger partial charge in [0, 0.05) is 19.2 Å². The topological polar surface area (TPSA) is 86.7 Å². The maximum absolute atomic E-state index is 13.5. The summed E-state index contributed by atoms with van der Waals surface area (Å²) in [6, 6.07) is 6.95. The molecular formula is C20H23ClN6O3. The molecule has 0 fully saturated rings. The number of fused-ring (bicyclic) bond motifs is 3. The minimum absolute atomic E-state index is 0.122. The second-order valence-corrected chi connectivity index (χ2v) is 7.79. The van der Waals surface area contributed by atoms with Crippen LogP contribution in [0.25, 0.3) is 11.2 Å². The van der Waals surface area contributed by atoms with Gasteiger partial charge in [-0.15, -0.1) is 0 Å². The van der Waals surface area contributed by atoms with Crippen LogP contribution in [0.2, 0.25) is 5.02 Å². The molecule has 4 rings (SSSR count). The van der Waals surface area contributed by atoms with E-state index in [9.17, 15) is 9.59 Å². The molecule has 9 nitrogen and oxygen atoms in total. The summed E-state index contributed by atoms with van der Waals surface area (Å²) < 4.78 is 9.65. The molecule has 0 spiro atoms. The van der Waals surface area contributed by atoms with Crippen LogP contribution in [0.15, 0.2) is 39.0 Å². The van der Waals surface area contributed by atoms with Crippen molar-refractivity contribution in [1.29, 1.82) is 0 Å². The number of imidazole rings is 1. The molecule has 0 bridgehead atoms. The van der Waals surface area contributed by atoms with Crippen molar-refractivity contribution in [2.45, 2.75) is 26.4 Å². The van der Waals surface area contributed by atoms with Crippen LogP contribution < -0.4 is 16.3 Å². The number of halogens is 1. The Morgan fingerprint density at radius 2 is 2.03 bits per heavy atom. The second-order valence-electron chi connectivity index (χ2n) is 7.35. The first kappa shape index (κ1) is 20.4. The molecule has 0 unspecified atom stereocenters. The number of hydrogen-bond acceptors (Lipinski definition) is 6. The SMILES string of the molecule is COCCN1N=C(C)[C@@H](C)n2c1nc1c2c(=O)n(Cc2cccc(Cl)c2)c(=O)n1C. The Morgan fingerprint density at radius 3 is 2.73 bits per heavy atom. The number of anilines is 1. The first-order chi connectivity index (χ1) is 14.3. The van der Waals surface area contributed by atoms with E-state index in [0.29, 0.717) is 35.3 Å². The van der Waals surface area contributed by atoms with Gasteiger partial charge in [0.1, 0.15) is 0 Å². The molecule has 30 heavy (non-hydrogen) atoms. The van der Waals surface area contributed by atoms with Crippen LogP contribution in [0.3, 0.4) is 0 Å². The fourth-order valence-electron chi connectivity index (χ4n) is 3.67. The molecule has 1 aliphatic rings. The highest BCUT2D eigenvalue weighted by atomic mass is 35.5. The number of aryl methyl sites for hydroxylation is 1. The predicted octanol–water partition coefficient (Wildman–Crippen LogP) is 2.00. The number of hydrazone groups is 1. The van der Waals surface area contributed by atoms with Crippen LogP contribution in [-0.4, -0.2) is 44.7 Å². The van der Waals surface area contributed by atoms with Crippen LogP contribution in [0.4, 0.5) is 5.95 Å². The van der Waals surface area contributed by atoms with E-state index in [1.165, 1.54) is 9.13 Å². The molecule has 0 aliphatic carbocycles. The first-order valence-electron chi connectivity index (χ1n) is 9.61. The van der Waals surface area contributed by atoms with Gasteiger partial charge in [0.2, 0.25) is 5.95 Å². The summed E-state index contributed by atoms with van der Waals surface area (Å²) in [5.41, 5.74) is 1.50. The van der Waals surface area contributed by atoms with E-state index >= 15 is 0 Å². The molecule has 0 N–H and O–H groups in total. The van der Waals surface area contributed by atoms with Crippen molar-refractivity contribution in [2.24, 2.45) is 12.1 Å². The highest BCUT2D eigenvalue weighted by Crippen LogP contribution is 2.29. The molecule has 3 aromatic rings. The van der Waals surface area contributed by atoms with E-state index in [0.717, 1.165) is 11.3 Å². The molecular weight excluding hydrogens is 408 g/mol. The van der Waals surface area contributed by atoms with Gasteiger partial charge in [0.15, 0.2) is 11.2 Å². The standard InChI is InChI=1S/C20H23ClN6O3/c1-12-13(2)27-16-17(22-19(27)26(23-12)8-9-30-4)24(3)20(29)25(18(16)28)11-14-6-5-7-15(21)10-14/h5-7,10,13H,8-9,11H2,1-4H3/t13-/m1/s1. The largest absolute Gasteiger partial charge is 0.383 e. The van der Waals surface area contributed by atoms with Crippen LogP contribution in [0.5, 0.6) is 0 Å². The molecule has 0 radical (unpaired) electrons. The molecule has 1 atom stereocenters. The Bertz CT molecular complexity index is 1270. The summed E-state index contributed by atoms with van der Waals surface area (Å²) in [7, 11) is 3.24. The number of aromatic nitrogens is 4. The van der Waals surface area contributed by atoms with Gasteiger partial charge in [-0.05, 0) is 31.5 Å². The highest BCUT2D eigenvalue weighted by Gasteiger charge is 2.30. The van der Waals surface area contributed by atoms with E-state index < -0.39 is 5.69 Å². The zero-order valence-electron chi connectivity index (χ0n) is 17.3. The van der Waals surface area contributed by atoms with Crippen molar-refractivity contribution in [3.63, 3.8) is 0 Å². The van der Waals surface area contributed by atoms with Gasteiger partial charge in [-0.1, -0.05) is 23.7 Å². The van der Waals surface area contributed by atoms with Crippen LogP contribution in [-0.2, 0) is 18.3 Å². The lowest BCUT2D eigenvalue weighted by atomic mass is 10.2. The quantitative estimate of drug-likeness (QED) is 0.618. The molecule has 1 aliphatic heterocycles. The molecule has 0 amide bonds. The third-order valence-corrected chi connectivity index (χ3v) is 5.63. The average Bonchev–Trinajstić information content (AvgIpc) is 3.12. The number of methoxy groups -OCH3 is 1. The number of hydrogen-bond donors (Lipinski definition) is 0. The summed E-state index contributed by atoms with van der Waals surface area (Å²) in [5, 5.41) is 6.86. The fraction of sp³-hybridized carbons (Fsp3) is 0.400. The molecule has 2 aromatic heterocycles. The minimum atomic E-state index is -0.434.